The van der Waals surface area contributed by atoms with E-state index in [1.807, 2.05) is 20.8 Å². The molecular formula is C9H16FN. The number of hydrogen-bond donors (Lipinski definition) is 0. The Balaban J connectivity index is 0. The summed E-state index contributed by atoms with van der Waals surface area (Å²) < 4.78 is 12.1. The van der Waals surface area contributed by atoms with Gasteiger partial charge in [-0.25, -0.2) is 4.98 Å². The summed E-state index contributed by atoms with van der Waals surface area (Å²) in [4.78, 5) is 3.37. The maximum absolute atomic E-state index is 12.1. The van der Waals surface area contributed by atoms with Gasteiger partial charge in [-0.15, -0.1) is 0 Å². The first kappa shape index (κ1) is 12.7. The number of nitrogens with zero attached hydrogens (tertiary/aromatic N) is 1. The third kappa shape index (κ3) is 5.52. The van der Waals surface area contributed by atoms with Crippen LogP contribution in [0, 0.1) is 12.9 Å². The van der Waals surface area contributed by atoms with Gasteiger partial charge in [0.25, 0.3) is 0 Å². The minimum Gasteiger partial charge on any atom is -0.228 e. The molecule has 0 aliphatic carbocycles. The Bertz CT molecular complexity index is 169. The van der Waals surface area contributed by atoms with Gasteiger partial charge in [0.15, 0.2) is 0 Å². The molecule has 0 radical (unpaired) electrons. The lowest BCUT2D eigenvalue weighted by atomic mass is 10.3. The Hall–Kier alpha value is -0.920. The summed E-state index contributed by atoms with van der Waals surface area (Å²) in [5, 5.41) is 0. The molecule has 11 heavy (non-hydrogen) atoms. The van der Waals surface area contributed by atoms with Gasteiger partial charge in [-0.1, -0.05) is 21.3 Å². The van der Waals surface area contributed by atoms with Crippen LogP contribution in [0.15, 0.2) is 18.3 Å². The maximum Gasteiger partial charge on any atom is 0.213 e. The van der Waals surface area contributed by atoms with Gasteiger partial charge in [0.05, 0.1) is 0 Å². The molecule has 0 bridgehead atoms. The fourth-order valence-electron chi connectivity index (χ4n) is 0.499. The number of aromatic nitrogens is 1. The Morgan fingerprint density at radius 2 is 1.91 bits per heavy atom. The van der Waals surface area contributed by atoms with Gasteiger partial charge in [0.1, 0.15) is 0 Å². The lowest BCUT2D eigenvalue weighted by molar-refractivity contribution is 0.582. The number of pyridine rings is 1. The fraction of sp³-hybridized carbons (Fsp3) is 0.444. The van der Waals surface area contributed by atoms with Crippen LogP contribution < -0.4 is 0 Å². The molecule has 1 rings (SSSR count). The lowest BCUT2D eigenvalue weighted by Crippen LogP contribution is -1.79. The SMILES string of the molecule is C.CC.Cc1ccnc(F)c1. The molecule has 0 spiro atoms. The number of rotatable bonds is 0. The molecule has 0 saturated heterocycles. The monoisotopic (exact) mass is 157 g/mol. The van der Waals surface area contributed by atoms with Crippen molar-refractivity contribution >= 4 is 0 Å². The number of hydrogen-bond acceptors (Lipinski definition) is 1. The van der Waals surface area contributed by atoms with E-state index >= 15 is 0 Å². The van der Waals surface area contributed by atoms with E-state index in [0.29, 0.717) is 0 Å². The van der Waals surface area contributed by atoms with E-state index in [0.717, 1.165) is 5.56 Å². The van der Waals surface area contributed by atoms with E-state index in [4.69, 9.17) is 0 Å². The number of halogens is 1. The summed E-state index contributed by atoms with van der Waals surface area (Å²) in [6.07, 6.45) is 1.45. The Morgan fingerprint density at radius 1 is 1.36 bits per heavy atom. The first-order chi connectivity index (χ1) is 4.79. The first-order valence-corrected chi connectivity index (χ1v) is 3.37. The van der Waals surface area contributed by atoms with Gasteiger partial charge in [0.2, 0.25) is 5.95 Å². The zero-order valence-corrected chi connectivity index (χ0v) is 6.56. The zero-order valence-electron chi connectivity index (χ0n) is 6.56. The second-order valence-electron chi connectivity index (χ2n) is 1.66. The van der Waals surface area contributed by atoms with E-state index in [9.17, 15) is 4.39 Å². The van der Waals surface area contributed by atoms with E-state index in [1.54, 1.807) is 6.07 Å². The predicted octanol–water partition coefficient (Wildman–Crippen LogP) is 3.19. The normalized spacial score (nSPS) is 7.27. The van der Waals surface area contributed by atoms with Crippen molar-refractivity contribution in [3.05, 3.63) is 29.8 Å². The van der Waals surface area contributed by atoms with Crippen molar-refractivity contribution in [3.8, 4) is 0 Å². The van der Waals surface area contributed by atoms with E-state index in [1.165, 1.54) is 12.3 Å². The van der Waals surface area contributed by atoms with Gasteiger partial charge >= 0.3 is 0 Å². The summed E-state index contributed by atoms with van der Waals surface area (Å²) in [6, 6.07) is 3.14. The molecular weight excluding hydrogens is 141 g/mol. The molecule has 1 nitrogen and oxygen atoms in total. The van der Waals surface area contributed by atoms with Crippen molar-refractivity contribution in [2.45, 2.75) is 28.2 Å². The van der Waals surface area contributed by atoms with Crippen molar-refractivity contribution in [1.29, 1.82) is 0 Å². The highest BCUT2D eigenvalue weighted by Crippen LogP contribution is 1.95. The molecule has 0 fully saturated rings. The molecule has 64 valence electrons. The van der Waals surface area contributed by atoms with Gasteiger partial charge in [0, 0.05) is 6.20 Å². The molecule has 0 saturated carbocycles. The molecule has 0 aliphatic rings. The molecule has 0 atom stereocenters. The van der Waals surface area contributed by atoms with Crippen LogP contribution in [-0.4, -0.2) is 4.98 Å². The third-order valence-corrected chi connectivity index (χ3v) is 0.882. The fourth-order valence-corrected chi connectivity index (χ4v) is 0.499. The van der Waals surface area contributed by atoms with E-state index in [2.05, 4.69) is 4.98 Å². The Kier molecular flexibility index (Phi) is 8.32. The summed E-state index contributed by atoms with van der Waals surface area (Å²) >= 11 is 0. The van der Waals surface area contributed by atoms with Crippen molar-refractivity contribution in [2.24, 2.45) is 0 Å². The van der Waals surface area contributed by atoms with Crippen LogP contribution in [0.25, 0.3) is 0 Å². The van der Waals surface area contributed by atoms with Crippen LogP contribution in [0.2, 0.25) is 0 Å². The lowest BCUT2D eigenvalue weighted by Gasteiger charge is -1.86. The highest BCUT2D eigenvalue weighted by atomic mass is 19.1. The maximum atomic E-state index is 12.1. The minimum atomic E-state index is -0.412. The quantitative estimate of drug-likeness (QED) is 0.527. The van der Waals surface area contributed by atoms with E-state index < -0.39 is 5.95 Å². The molecule has 0 aromatic carbocycles. The second kappa shape index (κ2) is 7.19. The van der Waals surface area contributed by atoms with E-state index in [-0.39, 0.29) is 7.43 Å². The van der Waals surface area contributed by atoms with Crippen LogP contribution >= 0.6 is 0 Å². The molecule has 2 heteroatoms. The molecule has 0 aliphatic heterocycles. The molecule has 1 heterocycles. The summed E-state index contributed by atoms with van der Waals surface area (Å²) in [5.74, 6) is -0.412. The molecule has 1 aromatic heterocycles. The number of aryl methyl sites for hydroxylation is 1. The highest BCUT2D eigenvalue weighted by Gasteiger charge is 1.86. The van der Waals surface area contributed by atoms with Gasteiger partial charge in [-0.2, -0.15) is 4.39 Å². The van der Waals surface area contributed by atoms with Gasteiger partial charge in [-0.3, -0.25) is 0 Å². The smallest absolute Gasteiger partial charge is 0.213 e. The van der Waals surface area contributed by atoms with Crippen molar-refractivity contribution in [1.82, 2.24) is 4.98 Å². The second-order valence-corrected chi connectivity index (χ2v) is 1.66. The average Bonchev–Trinajstić information content (AvgIpc) is 1.91. The molecule has 1 aromatic rings. The highest BCUT2D eigenvalue weighted by molar-refractivity contribution is 5.07. The molecule has 0 N–H and O–H groups in total. The topological polar surface area (TPSA) is 12.9 Å². The average molecular weight is 157 g/mol. The summed E-state index contributed by atoms with van der Waals surface area (Å²) in [6.45, 7) is 5.82. The van der Waals surface area contributed by atoms with Crippen molar-refractivity contribution < 1.29 is 4.39 Å². The predicted molar refractivity (Wildman–Crippen MR) is 47.0 cm³/mol. The van der Waals surface area contributed by atoms with Crippen molar-refractivity contribution in [3.63, 3.8) is 0 Å². The standard InChI is InChI=1S/C6H6FN.C2H6.CH4/c1-5-2-3-8-6(7)4-5;1-2;/h2-4H,1H3;1-2H3;1H4. The Labute approximate surface area is 68.3 Å². The van der Waals surface area contributed by atoms with Crippen LogP contribution in [-0.2, 0) is 0 Å². The third-order valence-electron chi connectivity index (χ3n) is 0.882. The summed E-state index contributed by atoms with van der Waals surface area (Å²) in [5.41, 5.74) is 0.900. The summed E-state index contributed by atoms with van der Waals surface area (Å²) in [7, 11) is 0. The van der Waals surface area contributed by atoms with Gasteiger partial charge in [-0.05, 0) is 24.6 Å². The Morgan fingerprint density at radius 3 is 2.18 bits per heavy atom. The zero-order chi connectivity index (χ0) is 7.98. The molecule has 0 unspecified atom stereocenters. The minimum absolute atomic E-state index is 0. The van der Waals surface area contributed by atoms with Crippen LogP contribution in [0.3, 0.4) is 0 Å². The molecule has 0 amide bonds. The van der Waals surface area contributed by atoms with Gasteiger partial charge < -0.3 is 0 Å². The van der Waals surface area contributed by atoms with Crippen LogP contribution in [0.4, 0.5) is 4.39 Å². The first-order valence-electron chi connectivity index (χ1n) is 3.37. The largest absolute Gasteiger partial charge is 0.228 e. The van der Waals surface area contributed by atoms with Crippen LogP contribution in [0.5, 0.6) is 0 Å². The van der Waals surface area contributed by atoms with Crippen molar-refractivity contribution in [2.75, 3.05) is 0 Å². The van der Waals surface area contributed by atoms with Crippen LogP contribution in [0.1, 0.15) is 26.8 Å².